The summed E-state index contributed by atoms with van der Waals surface area (Å²) >= 11 is 0. The molecule has 110 valence electrons. The van der Waals surface area contributed by atoms with Gasteiger partial charge in [-0.2, -0.15) is 0 Å². The fourth-order valence-corrected chi connectivity index (χ4v) is 3.21. The number of amides is 1. The van der Waals surface area contributed by atoms with E-state index in [0.29, 0.717) is 18.7 Å². The molecule has 2 aromatic rings. The minimum Gasteiger partial charge on any atom is -0.353 e. The van der Waals surface area contributed by atoms with Crippen LogP contribution < -0.4 is 10.2 Å². The molecule has 6 nitrogen and oxygen atoms in total. The monoisotopic (exact) mass is 295 g/mol. The smallest absolute Gasteiger partial charge is 0.271 e. The van der Waals surface area contributed by atoms with Crippen LogP contribution in [0.1, 0.15) is 11.1 Å². The van der Waals surface area contributed by atoms with Crippen LogP contribution in [0.5, 0.6) is 0 Å². The second-order valence-corrected chi connectivity index (χ2v) is 5.56. The van der Waals surface area contributed by atoms with Gasteiger partial charge in [0.15, 0.2) is 0 Å². The highest BCUT2D eigenvalue weighted by Crippen LogP contribution is 2.39. The molecular formula is C16H13N3O3. The Labute approximate surface area is 126 Å². The number of carbonyl (C=O) groups excluding carboxylic acids is 1. The van der Waals surface area contributed by atoms with Gasteiger partial charge in [0.25, 0.3) is 5.69 Å². The quantitative estimate of drug-likeness (QED) is 0.648. The number of carbonyl (C=O) groups is 1. The molecule has 1 atom stereocenters. The molecule has 2 aromatic carbocycles. The van der Waals surface area contributed by atoms with Crippen LogP contribution in [0.25, 0.3) is 0 Å². The number of nitrogens with one attached hydrogen (secondary N) is 1. The van der Waals surface area contributed by atoms with Crippen LogP contribution in [0, 0.1) is 10.1 Å². The maximum Gasteiger partial charge on any atom is 0.271 e. The van der Waals surface area contributed by atoms with Crippen molar-refractivity contribution in [1.82, 2.24) is 0 Å². The van der Waals surface area contributed by atoms with Gasteiger partial charge < -0.3 is 10.2 Å². The number of fused-ring (bicyclic) bond motifs is 4. The van der Waals surface area contributed by atoms with Crippen LogP contribution in [0.3, 0.4) is 0 Å². The van der Waals surface area contributed by atoms with E-state index < -0.39 is 4.92 Å². The molecule has 0 aromatic heterocycles. The zero-order valence-electron chi connectivity index (χ0n) is 11.7. The van der Waals surface area contributed by atoms with Gasteiger partial charge in [-0.3, -0.25) is 14.9 Å². The third-order valence-electron chi connectivity index (χ3n) is 4.31. The second kappa shape index (κ2) is 4.56. The van der Waals surface area contributed by atoms with Crippen molar-refractivity contribution in [3.05, 3.63) is 63.7 Å². The molecule has 22 heavy (non-hydrogen) atoms. The molecule has 4 rings (SSSR count). The Bertz CT molecular complexity index is 803. The molecule has 2 aliphatic heterocycles. The van der Waals surface area contributed by atoms with Gasteiger partial charge >= 0.3 is 0 Å². The van der Waals surface area contributed by atoms with Crippen molar-refractivity contribution in [2.45, 2.75) is 19.0 Å². The Morgan fingerprint density at radius 1 is 1.18 bits per heavy atom. The van der Waals surface area contributed by atoms with E-state index in [1.807, 2.05) is 23.1 Å². The van der Waals surface area contributed by atoms with E-state index >= 15 is 0 Å². The van der Waals surface area contributed by atoms with Gasteiger partial charge in [0.1, 0.15) is 6.04 Å². The Morgan fingerprint density at radius 2 is 1.95 bits per heavy atom. The molecule has 1 unspecified atom stereocenters. The highest BCUT2D eigenvalue weighted by Gasteiger charge is 2.37. The zero-order chi connectivity index (χ0) is 15.3. The lowest BCUT2D eigenvalue weighted by molar-refractivity contribution is -0.384. The van der Waals surface area contributed by atoms with E-state index in [2.05, 4.69) is 11.4 Å². The van der Waals surface area contributed by atoms with Crippen molar-refractivity contribution >= 4 is 23.0 Å². The summed E-state index contributed by atoms with van der Waals surface area (Å²) in [5.41, 5.74) is 3.71. The SMILES string of the molecule is O=C1Nc2cc([N+](=O)[O-])ccc2N2Cc3ccccc3CC12. The summed E-state index contributed by atoms with van der Waals surface area (Å²) in [6.45, 7) is 0.638. The van der Waals surface area contributed by atoms with Crippen molar-refractivity contribution in [3.63, 3.8) is 0 Å². The van der Waals surface area contributed by atoms with Gasteiger partial charge in [-0.1, -0.05) is 24.3 Å². The van der Waals surface area contributed by atoms with E-state index in [9.17, 15) is 14.9 Å². The molecule has 0 fully saturated rings. The summed E-state index contributed by atoms with van der Waals surface area (Å²) < 4.78 is 0. The molecule has 1 amide bonds. The van der Waals surface area contributed by atoms with Crippen LogP contribution in [0.4, 0.5) is 17.1 Å². The summed E-state index contributed by atoms with van der Waals surface area (Å²) in [7, 11) is 0. The first-order chi connectivity index (χ1) is 10.6. The van der Waals surface area contributed by atoms with Crippen LogP contribution in [-0.4, -0.2) is 16.9 Å². The summed E-state index contributed by atoms with van der Waals surface area (Å²) in [6, 6.07) is 12.4. The third kappa shape index (κ3) is 1.84. The lowest BCUT2D eigenvalue weighted by Crippen LogP contribution is -2.51. The number of rotatable bonds is 1. The normalized spacial score (nSPS) is 18.8. The van der Waals surface area contributed by atoms with Crippen LogP contribution in [0.2, 0.25) is 0 Å². The van der Waals surface area contributed by atoms with Crippen LogP contribution >= 0.6 is 0 Å². The molecule has 2 heterocycles. The molecule has 1 N–H and O–H groups in total. The zero-order valence-corrected chi connectivity index (χ0v) is 11.7. The minimum atomic E-state index is -0.454. The van der Waals surface area contributed by atoms with Gasteiger partial charge in [0.2, 0.25) is 5.91 Å². The van der Waals surface area contributed by atoms with E-state index in [4.69, 9.17) is 0 Å². The molecule has 0 radical (unpaired) electrons. The van der Waals surface area contributed by atoms with Crippen molar-refractivity contribution in [3.8, 4) is 0 Å². The largest absolute Gasteiger partial charge is 0.353 e. The second-order valence-electron chi connectivity index (χ2n) is 5.56. The maximum atomic E-state index is 12.4. The standard InChI is InChI=1S/C16H13N3O3/c20-16-15-7-10-3-1-2-4-11(10)9-18(15)14-6-5-12(19(21)22)8-13(14)17-16/h1-6,8,15H,7,9H2,(H,17,20). The number of nitro groups is 1. The third-order valence-corrected chi connectivity index (χ3v) is 4.31. The fraction of sp³-hybridized carbons (Fsp3) is 0.188. The van der Waals surface area contributed by atoms with E-state index in [-0.39, 0.29) is 17.6 Å². The maximum absolute atomic E-state index is 12.4. The molecule has 0 aliphatic carbocycles. The summed E-state index contributed by atoms with van der Waals surface area (Å²) in [5, 5.41) is 13.7. The average molecular weight is 295 g/mol. The highest BCUT2D eigenvalue weighted by atomic mass is 16.6. The van der Waals surface area contributed by atoms with Crippen LogP contribution in [0.15, 0.2) is 42.5 Å². The van der Waals surface area contributed by atoms with Gasteiger partial charge in [-0.25, -0.2) is 0 Å². The minimum absolute atomic E-state index is 0.0186. The number of non-ortho nitro benzene ring substituents is 1. The predicted octanol–water partition coefficient (Wildman–Crippen LogP) is 2.48. The molecular weight excluding hydrogens is 282 g/mol. The Hall–Kier alpha value is -2.89. The Morgan fingerprint density at radius 3 is 2.73 bits per heavy atom. The predicted molar refractivity (Wildman–Crippen MR) is 81.8 cm³/mol. The van der Waals surface area contributed by atoms with Gasteiger partial charge in [-0.15, -0.1) is 0 Å². The Kier molecular flexibility index (Phi) is 2.66. The van der Waals surface area contributed by atoms with Gasteiger partial charge in [0, 0.05) is 25.1 Å². The molecule has 6 heteroatoms. The number of nitro benzene ring substituents is 1. The summed E-state index contributed by atoms with van der Waals surface area (Å²) in [5.74, 6) is -0.109. The van der Waals surface area contributed by atoms with Crippen molar-refractivity contribution in [2.75, 3.05) is 10.2 Å². The lowest BCUT2D eigenvalue weighted by atomic mass is 9.91. The highest BCUT2D eigenvalue weighted by molar-refractivity contribution is 6.04. The van der Waals surface area contributed by atoms with Crippen LogP contribution in [-0.2, 0) is 17.8 Å². The molecule has 0 saturated carbocycles. The first kappa shape index (κ1) is 12.8. The number of benzene rings is 2. The van der Waals surface area contributed by atoms with Crippen molar-refractivity contribution in [1.29, 1.82) is 0 Å². The van der Waals surface area contributed by atoms with Gasteiger partial charge in [0.05, 0.1) is 16.3 Å². The number of nitrogens with zero attached hydrogens (tertiary/aromatic N) is 2. The fourth-order valence-electron chi connectivity index (χ4n) is 3.21. The Balaban J connectivity index is 1.80. The average Bonchev–Trinajstić information content (AvgIpc) is 2.53. The number of hydrogen-bond acceptors (Lipinski definition) is 4. The topological polar surface area (TPSA) is 75.5 Å². The van der Waals surface area contributed by atoms with E-state index in [0.717, 1.165) is 5.69 Å². The molecule has 0 bridgehead atoms. The molecule has 0 spiro atoms. The summed E-state index contributed by atoms with van der Waals surface area (Å²) in [4.78, 5) is 24.8. The van der Waals surface area contributed by atoms with Crippen molar-refractivity contribution < 1.29 is 9.72 Å². The molecule has 0 saturated heterocycles. The number of anilines is 2. The first-order valence-corrected chi connectivity index (χ1v) is 7.06. The summed E-state index contributed by atoms with van der Waals surface area (Å²) in [6.07, 6.45) is 0.651. The van der Waals surface area contributed by atoms with Crippen molar-refractivity contribution in [2.24, 2.45) is 0 Å². The van der Waals surface area contributed by atoms with E-state index in [1.165, 1.54) is 23.3 Å². The number of hydrogen-bond donors (Lipinski definition) is 1. The van der Waals surface area contributed by atoms with Gasteiger partial charge in [-0.05, 0) is 17.2 Å². The molecule has 2 aliphatic rings. The lowest BCUT2D eigenvalue weighted by Gasteiger charge is -2.41. The first-order valence-electron chi connectivity index (χ1n) is 7.06. The van der Waals surface area contributed by atoms with E-state index in [1.54, 1.807) is 6.07 Å².